The molecule has 1 aromatic carbocycles. The molecule has 1 fully saturated rings. The van der Waals surface area contributed by atoms with Gasteiger partial charge in [-0.2, -0.15) is 0 Å². The van der Waals surface area contributed by atoms with Crippen molar-refractivity contribution in [3.05, 3.63) is 46.0 Å². The Morgan fingerprint density at radius 1 is 1.17 bits per heavy atom. The third-order valence-corrected chi connectivity index (χ3v) is 4.93. The van der Waals surface area contributed by atoms with Gasteiger partial charge in [0.1, 0.15) is 6.73 Å². The Labute approximate surface area is 148 Å². The molecule has 0 amide bonds. The summed E-state index contributed by atoms with van der Waals surface area (Å²) in [7, 11) is 0. The zero-order valence-corrected chi connectivity index (χ0v) is 14.1. The highest BCUT2D eigenvalue weighted by Gasteiger charge is 2.50. The molecule has 2 heterocycles. The number of hydrogen-bond donors (Lipinski definition) is 1. The van der Waals surface area contributed by atoms with Gasteiger partial charge in [0.05, 0.1) is 10.0 Å². The summed E-state index contributed by atoms with van der Waals surface area (Å²) in [4.78, 5) is 25.1. The van der Waals surface area contributed by atoms with Crippen LogP contribution in [0.5, 0.6) is 0 Å². The van der Waals surface area contributed by atoms with E-state index in [4.69, 9.17) is 32.7 Å². The lowest BCUT2D eigenvalue weighted by Crippen LogP contribution is -2.58. The van der Waals surface area contributed by atoms with E-state index in [9.17, 15) is 14.7 Å². The number of carbonyl (C=O) groups is 2. The maximum atomic E-state index is 11.8. The van der Waals surface area contributed by atoms with Crippen LogP contribution in [0.1, 0.15) is 24.3 Å². The molecule has 1 N–H and O–H groups in total. The second kappa shape index (κ2) is 6.72. The van der Waals surface area contributed by atoms with Crippen LogP contribution in [0.4, 0.5) is 0 Å². The van der Waals surface area contributed by atoms with E-state index in [0.717, 1.165) is 17.7 Å². The van der Waals surface area contributed by atoms with Crippen LogP contribution in [0, 0.1) is 0 Å². The average Bonchev–Trinajstić information content (AvgIpc) is 2.68. The number of carbonyl (C=O) groups excluding carboxylic acids is 2. The quantitative estimate of drug-likeness (QED) is 0.804. The number of ether oxygens (including phenoxy) is 2. The van der Waals surface area contributed by atoms with Crippen LogP contribution < -0.4 is 0 Å². The Morgan fingerprint density at radius 3 is 2.42 bits per heavy atom. The predicted octanol–water partition coefficient (Wildman–Crippen LogP) is 2.43. The molecule has 1 spiro atoms. The van der Waals surface area contributed by atoms with E-state index < -0.39 is 24.6 Å². The monoisotopic (exact) mass is 371 g/mol. The molecule has 3 rings (SSSR count). The van der Waals surface area contributed by atoms with Crippen molar-refractivity contribution in [3.63, 3.8) is 0 Å². The highest BCUT2D eigenvalue weighted by Crippen LogP contribution is 2.41. The van der Waals surface area contributed by atoms with Gasteiger partial charge < -0.3 is 14.6 Å². The third-order valence-electron chi connectivity index (χ3n) is 4.20. The molecule has 128 valence electrons. The van der Waals surface area contributed by atoms with Gasteiger partial charge in [-0.25, -0.2) is 14.5 Å². The third kappa shape index (κ3) is 3.28. The fourth-order valence-electron chi connectivity index (χ4n) is 3.01. The Morgan fingerprint density at radius 2 is 1.83 bits per heavy atom. The fraction of sp³-hybridized carbons (Fsp3) is 0.375. The summed E-state index contributed by atoms with van der Waals surface area (Å²) in [6.45, 7) is -0.0311. The standard InChI is InChI=1S/C16H15Cl2NO5/c17-12-2-1-10(7-13(12)18)11-5-6-19(9-20)16(8-11)23-14(21)3-4-15(22)24-16/h1-4,7,11,20H,5-6,8-9H2. The van der Waals surface area contributed by atoms with E-state index in [0.29, 0.717) is 23.0 Å². The maximum absolute atomic E-state index is 11.8. The number of aliphatic hydroxyl groups excluding tert-OH is 1. The van der Waals surface area contributed by atoms with Crippen LogP contribution in [0.2, 0.25) is 10.0 Å². The molecule has 0 aromatic heterocycles. The number of esters is 2. The Kier molecular flexibility index (Phi) is 4.83. The normalized spacial score (nSPS) is 23.7. The van der Waals surface area contributed by atoms with Gasteiger partial charge in [0, 0.05) is 25.1 Å². The number of halogens is 2. The van der Waals surface area contributed by atoms with Crippen LogP contribution in [0.25, 0.3) is 0 Å². The van der Waals surface area contributed by atoms with Crippen molar-refractivity contribution in [1.29, 1.82) is 0 Å². The molecule has 6 nitrogen and oxygen atoms in total. The van der Waals surface area contributed by atoms with E-state index in [1.165, 1.54) is 4.90 Å². The highest BCUT2D eigenvalue weighted by molar-refractivity contribution is 6.42. The van der Waals surface area contributed by atoms with Gasteiger partial charge in [0.2, 0.25) is 0 Å². The number of hydrogen-bond acceptors (Lipinski definition) is 6. The van der Waals surface area contributed by atoms with E-state index in [1.807, 2.05) is 6.07 Å². The maximum Gasteiger partial charge on any atom is 0.335 e. The molecule has 2 aliphatic rings. The summed E-state index contributed by atoms with van der Waals surface area (Å²) >= 11 is 12.0. The van der Waals surface area contributed by atoms with Crippen molar-refractivity contribution in [2.24, 2.45) is 0 Å². The molecule has 1 atom stereocenters. The van der Waals surface area contributed by atoms with Crippen molar-refractivity contribution in [3.8, 4) is 0 Å². The first-order chi connectivity index (χ1) is 11.4. The Bertz CT molecular complexity index is 686. The van der Waals surface area contributed by atoms with Crippen LogP contribution in [0.3, 0.4) is 0 Å². The summed E-state index contributed by atoms with van der Waals surface area (Å²) in [6, 6.07) is 5.27. The van der Waals surface area contributed by atoms with Gasteiger partial charge in [-0.3, -0.25) is 0 Å². The minimum Gasteiger partial charge on any atom is -0.405 e. The molecule has 1 saturated heterocycles. The summed E-state index contributed by atoms with van der Waals surface area (Å²) < 4.78 is 10.7. The first kappa shape index (κ1) is 17.2. The number of rotatable bonds is 2. The van der Waals surface area contributed by atoms with Crippen molar-refractivity contribution >= 4 is 35.1 Å². The molecule has 1 unspecified atom stereocenters. The summed E-state index contributed by atoms with van der Waals surface area (Å²) in [6.07, 6.45) is 2.87. The van der Waals surface area contributed by atoms with Crippen LogP contribution in [-0.2, 0) is 19.1 Å². The van der Waals surface area contributed by atoms with E-state index >= 15 is 0 Å². The summed E-state index contributed by atoms with van der Waals surface area (Å²) in [5, 5.41) is 10.5. The topological polar surface area (TPSA) is 76.1 Å². The van der Waals surface area contributed by atoms with Gasteiger partial charge in [-0.1, -0.05) is 29.3 Å². The molecule has 2 aliphatic heterocycles. The van der Waals surface area contributed by atoms with Gasteiger partial charge in [-0.05, 0) is 30.0 Å². The Hall–Kier alpha value is -1.60. The minimum absolute atomic E-state index is 0.0822. The molecular formula is C16H15Cl2NO5. The fourth-order valence-corrected chi connectivity index (χ4v) is 3.31. The number of piperidine rings is 1. The number of benzene rings is 1. The summed E-state index contributed by atoms with van der Waals surface area (Å²) in [5.41, 5.74) is 0.894. The zero-order chi connectivity index (χ0) is 17.3. The van der Waals surface area contributed by atoms with Crippen LogP contribution in [0.15, 0.2) is 30.4 Å². The smallest absolute Gasteiger partial charge is 0.335 e. The van der Waals surface area contributed by atoms with Gasteiger partial charge in [0.25, 0.3) is 0 Å². The number of likely N-dealkylation sites (tertiary alicyclic amines) is 1. The molecule has 1 aromatic rings. The zero-order valence-electron chi connectivity index (χ0n) is 12.6. The molecule has 0 aliphatic carbocycles. The highest BCUT2D eigenvalue weighted by atomic mass is 35.5. The van der Waals surface area contributed by atoms with Crippen molar-refractivity contribution < 1.29 is 24.2 Å². The number of aliphatic hydroxyl groups is 1. The van der Waals surface area contributed by atoms with Crippen LogP contribution in [-0.4, -0.2) is 41.1 Å². The SMILES string of the molecule is O=C1C=CC(=O)OC2(CC(c3ccc(Cl)c(Cl)c3)CCN2CO)O1. The second-order valence-corrected chi connectivity index (χ2v) is 6.47. The molecular weight excluding hydrogens is 357 g/mol. The molecule has 24 heavy (non-hydrogen) atoms. The Balaban J connectivity index is 1.93. The van der Waals surface area contributed by atoms with Crippen molar-refractivity contribution in [1.82, 2.24) is 4.90 Å². The minimum atomic E-state index is -1.64. The van der Waals surface area contributed by atoms with Crippen molar-refractivity contribution in [2.75, 3.05) is 13.3 Å². The lowest BCUT2D eigenvalue weighted by atomic mass is 9.87. The molecule has 8 heteroatoms. The first-order valence-corrected chi connectivity index (χ1v) is 8.14. The number of nitrogens with zero attached hydrogens (tertiary/aromatic N) is 1. The molecule has 0 radical (unpaired) electrons. The van der Waals surface area contributed by atoms with Crippen LogP contribution >= 0.6 is 23.2 Å². The molecule has 0 saturated carbocycles. The van der Waals surface area contributed by atoms with Gasteiger partial charge in [0.15, 0.2) is 0 Å². The molecule has 0 bridgehead atoms. The van der Waals surface area contributed by atoms with E-state index in [2.05, 4.69) is 0 Å². The van der Waals surface area contributed by atoms with E-state index in [-0.39, 0.29) is 12.3 Å². The van der Waals surface area contributed by atoms with Gasteiger partial charge in [-0.15, -0.1) is 0 Å². The lowest BCUT2D eigenvalue weighted by Gasteiger charge is -2.45. The summed E-state index contributed by atoms with van der Waals surface area (Å²) in [5.74, 6) is -3.12. The lowest BCUT2D eigenvalue weighted by molar-refractivity contribution is -0.306. The largest absolute Gasteiger partial charge is 0.405 e. The van der Waals surface area contributed by atoms with Crippen molar-refractivity contribution in [2.45, 2.75) is 24.7 Å². The second-order valence-electron chi connectivity index (χ2n) is 5.66. The first-order valence-electron chi connectivity index (χ1n) is 7.38. The van der Waals surface area contributed by atoms with Gasteiger partial charge >= 0.3 is 17.8 Å². The van der Waals surface area contributed by atoms with E-state index in [1.54, 1.807) is 12.1 Å². The average molecular weight is 372 g/mol. The predicted molar refractivity (Wildman–Crippen MR) is 86.3 cm³/mol.